The molecule has 98 valence electrons. The number of carbonyl (C=O) groups is 1. The van der Waals surface area contributed by atoms with Gasteiger partial charge in [-0.05, 0) is 31.9 Å². The molecule has 2 unspecified atom stereocenters. The van der Waals surface area contributed by atoms with Gasteiger partial charge in [0.05, 0.1) is 0 Å². The predicted octanol–water partition coefficient (Wildman–Crippen LogP) is 2.34. The van der Waals surface area contributed by atoms with Crippen molar-refractivity contribution in [1.82, 2.24) is 4.90 Å². The average Bonchev–Trinajstić information content (AvgIpc) is 2.37. The molecule has 0 heterocycles. The van der Waals surface area contributed by atoms with Crippen molar-refractivity contribution in [2.24, 2.45) is 5.73 Å². The van der Waals surface area contributed by atoms with Gasteiger partial charge in [-0.15, -0.1) is 0 Å². The standard InChI is InChI=1S/C15H22N2O/c1-11-6-5-7-12(10-11)15(18)17(2)14-9-4-3-8-13(14)16/h5-7,10,13-14H,3-4,8-9,16H2,1-2H3. The number of hydrogen-bond acceptors (Lipinski definition) is 2. The number of nitrogens with zero attached hydrogens (tertiary/aromatic N) is 1. The van der Waals surface area contributed by atoms with Crippen LogP contribution in [0.25, 0.3) is 0 Å². The fourth-order valence-corrected chi connectivity index (χ4v) is 2.75. The first-order valence-electron chi connectivity index (χ1n) is 6.69. The molecule has 1 aliphatic carbocycles. The second-order valence-corrected chi connectivity index (χ2v) is 5.30. The third-order valence-corrected chi connectivity index (χ3v) is 3.86. The highest BCUT2D eigenvalue weighted by atomic mass is 16.2. The molecule has 0 aromatic heterocycles. The number of nitrogens with two attached hydrogens (primary N) is 1. The molecule has 1 aromatic carbocycles. The number of benzene rings is 1. The topological polar surface area (TPSA) is 46.3 Å². The van der Waals surface area contributed by atoms with Crippen LogP contribution in [0.4, 0.5) is 0 Å². The van der Waals surface area contributed by atoms with Gasteiger partial charge in [-0.3, -0.25) is 4.79 Å². The molecule has 0 aliphatic heterocycles. The maximum atomic E-state index is 12.4. The monoisotopic (exact) mass is 246 g/mol. The van der Waals surface area contributed by atoms with Crippen LogP contribution in [0.1, 0.15) is 41.6 Å². The Hall–Kier alpha value is -1.35. The molecular formula is C15H22N2O. The van der Waals surface area contributed by atoms with Gasteiger partial charge < -0.3 is 10.6 Å². The molecule has 1 aliphatic rings. The van der Waals surface area contributed by atoms with Crippen LogP contribution in [-0.4, -0.2) is 29.9 Å². The molecule has 0 radical (unpaired) electrons. The lowest BCUT2D eigenvalue weighted by Gasteiger charge is -2.36. The number of aryl methyl sites for hydroxylation is 1. The summed E-state index contributed by atoms with van der Waals surface area (Å²) in [6.07, 6.45) is 4.40. The zero-order valence-electron chi connectivity index (χ0n) is 11.2. The quantitative estimate of drug-likeness (QED) is 0.870. The van der Waals surface area contributed by atoms with E-state index in [1.165, 1.54) is 12.8 Å². The van der Waals surface area contributed by atoms with E-state index in [0.717, 1.165) is 24.0 Å². The normalized spacial score (nSPS) is 23.7. The lowest BCUT2D eigenvalue weighted by atomic mass is 9.89. The van der Waals surface area contributed by atoms with Crippen molar-refractivity contribution in [3.05, 3.63) is 35.4 Å². The molecule has 1 saturated carbocycles. The van der Waals surface area contributed by atoms with Gasteiger partial charge in [0.1, 0.15) is 0 Å². The Morgan fingerprint density at radius 1 is 1.33 bits per heavy atom. The summed E-state index contributed by atoms with van der Waals surface area (Å²) in [6, 6.07) is 8.05. The zero-order chi connectivity index (χ0) is 13.1. The third kappa shape index (κ3) is 2.72. The SMILES string of the molecule is Cc1cccc(C(=O)N(C)C2CCCCC2N)c1. The van der Waals surface area contributed by atoms with Crippen LogP contribution in [0, 0.1) is 6.92 Å². The maximum absolute atomic E-state index is 12.4. The second-order valence-electron chi connectivity index (χ2n) is 5.30. The number of hydrogen-bond donors (Lipinski definition) is 1. The van der Waals surface area contributed by atoms with Gasteiger partial charge in [-0.1, -0.05) is 30.5 Å². The summed E-state index contributed by atoms with van der Waals surface area (Å²) < 4.78 is 0. The lowest BCUT2D eigenvalue weighted by Crippen LogP contribution is -2.50. The fraction of sp³-hybridized carbons (Fsp3) is 0.533. The highest BCUT2D eigenvalue weighted by Crippen LogP contribution is 2.22. The van der Waals surface area contributed by atoms with Gasteiger partial charge in [0.15, 0.2) is 0 Å². The van der Waals surface area contributed by atoms with Crippen LogP contribution in [-0.2, 0) is 0 Å². The highest BCUT2D eigenvalue weighted by molar-refractivity contribution is 5.94. The highest BCUT2D eigenvalue weighted by Gasteiger charge is 2.28. The fourth-order valence-electron chi connectivity index (χ4n) is 2.75. The minimum Gasteiger partial charge on any atom is -0.337 e. The van der Waals surface area contributed by atoms with Gasteiger partial charge >= 0.3 is 0 Å². The van der Waals surface area contributed by atoms with Crippen molar-refractivity contribution in [3.63, 3.8) is 0 Å². The summed E-state index contributed by atoms with van der Waals surface area (Å²) in [4.78, 5) is 14.2. The van der Waals surface area contributed by atoms with Crippen LogP contribution in [0.3, 0.4) is 0 Å². The first-order chi connectivity index (χ1) is 8.59. The van der Waals surface area contributed by atoms with Crippen molar-refractivity contribution >= 4 is 5.91 Å². The smallest absolute Gasteiger partial charge is 0.253 e. The summed E-state index contributed by atoms with van der Waals surface area (Å²) in [6.45, 7) is 2.00. The van der Waals surface area contributed by atoms with E-state index >= 15 is 0 Å². The van der Waals surface area contributed by atoms with E-state index in [1.807, 2.05) is 43.1 Å². The van der Waals surface area contributed by atoms with Crippen molar-refractivity contribution in [3.8, 4) is 0 Å². The van der Waals surface area contributed by atoms with Gasteiger partial charge in [0, 0.05) is 24.7 Å². The first kappa shape index (κ1) is 13.1. The van der Waals surface area contributed by atoms with E-state index in [2.05, 4.69) is 0 Å². The Bertz CT molecular complexity index is 430. The third-order valence-electron chi connectivity index (χ3n) is 3.86. The Morgan fingerprint density at radius 3 is 2.72 bits per heavy atom. The molecule has 2 atom stereocenters. The predicted molar refractivity (Wildman–Crippen MR) is 73.5 cm³/mol. The molecule has 1 amide bonds. The van der Waals surface area contributed by atoms with Gasteiger partial charge in [0.2, 0.25) is 0 Å². The van der Waals surface area contributed by atoms with Crippen LogP contribution in [0.15, 0.2) is 24.3 Å². The zero-order valence-corrected chi connectivity index (χ0v) is 11.2. The van der Waals surface area contributed by atoms with E-state index in [4.69, 9.17) is 5.73 Å². The van der Waals surface area contributed by atoms with Crippen LogP contribution >= 0.6 is 0 Å². The minimum atomic E-state index is 0.0843. The largest absolute Gasteiger partial charge is 0.337 e. The van der Waals surface area contributed by atoms with E-state index in [0.29, 0.717) is 0 Å². The number of carbonyl (C=O) groups excluding carboxylic acids is 1. The summed E-state index contributed by atoms with van der Waals surface area (Å²) in [5.41, 5.74) is 8.00. The second kappa shape index (κ2) is 5.53. The van der Waals surface area contributed by atoms with Gasteiger partial charge in [-0.25, -0.2) is 0 Å². The molecule has 18 heavy (non-hydrogen) atoms. The van der Waals surface area contributed by atoms with Crippen molar-refractivity contribution in [2.45, 2.75) is 44.7 Å². The van der Waals surface area contributed by atoms with Crippen molar-refractivity contribution in [2.75, 3.05) is 7.05 Å². The molecule has 0 bridgehead atoms. The number of rotatable bonds is 2. The summed E-state index contributed by atoms with van der Waals surface area (Å²) >= 11 is 0. The molecule has 3 heteroatoms. The number of amides is 1. The summed E-state index contributed by atoms with van der Waals surface area (Å²) in [5.74, 6) is 0.0843. The first-order valence-corrected chi connectivity index (χ1v) is 6.69. The summed E-state index contributed by atoms with van der Waals surface area (Å²) in [5, 5.41) is 0. The molecular weight excluding hydrogens is 224 g/mol. The van der Waals surface area contributed by atoms with E-state index in [-0.39, 0.29) is 18.0 Å². The molecule has 0 spiro atoms. The van der Waals surface area contributed by atoms with Crippen LogP contribution in [0.2, 0.25) is 0 Å². The van der Waals surface area contributed by atoms with Gasteiger partial charge in [-0.2, -0.15) is 0 Å². The van der Waals surface area contributed by atoms with Crippen LogP contribution < -0.4 is 5.73 Å². The molecule has 2 rings (SSSR count). The molecule has 1 aromatic rings. The van der Waals surface area contributed by atoms with Gasteiger partial charge in [0.25, 0.3) is 5.91 Å². The molecule has 2 N–H and O–H groups in total. The molecule has 3 nitrogen and oxygen atoms in total. The average molecular weight is 246 g/mol. The van der Waals surface area contributed by atoms with Crippen molar-refractivity contribution in [1.29, 1.82) is 0 Å². The Kier molecular flexibility index (Phi) is 4.02. The lowest BCUT2D eigenvalue weighted by molar-refractivity contribution is 0.0672. The Balaban J connectivity index is 2.13. The summed E-state index contributed by atoms with van der Waals surface area (Å²) in [7, 11) is 1.88. The molecule has 1 fully saturated rings. The number of likely N-dealkylation sites (N-methyl/N-ethyl adjacent to an activating group) is 1. The molecule has 0 saturated heterocycles. The van der Waals surface area contributed by atoms with E-state index in [1.54, 1.807) is 0 Å². The Morgan fingerprint density at radius 2 is 2.06 bits per heavy atom. The van der Waals surface area contributed by atoms with Crippen molar-refractivity contribution < 1.29 is 4.79 Å². The maximum Gasteiger partial charge on any atom is 0.253 e. The van der Waals surface area contributed by atoms with Crippen LogP contribution in [0.5, 0.6) is 0 Å². The minimum absolute atomic E-state index is 0.0843. The van der Waals surface area contributed by atoms with E-state index < -0.39 is 0 Å². The van der Waals surface area contributed by atoms with E-state index in [9.17, 15) is 4.79 Å². The Labute approximate surface area is 109 Å².